The number of benzene rings is 2. The quantitative estimate of drug-likeness (QED) is 0.383. The Kier molecular flexibility index (Phi) is 3.41. The highest BCUT2D eigenvalue weighted by Gasteiger charge is 2.16. The number of H-pyrrole nitrogens is 1. The number of nitrogens with zero attached hydrogens (tertiary/aromatic N) is 1. The summed E-state index contributed by atoms with van der Waals surface area (Å²) in [5.74, 6) is 0.220. The molecule has 8 nitrogen and oxygen atoms in total. The number of hydrogen-bond donors (Lipinski definition) is 3. The number of fused-ring (bicyclic) bond motifs is 1. The third-order valence-corrected chi connectivity index (χ3v) is 4.63. The van der Waals surface area contributed by atoms with E-state index in [1.54, 1.807) is 0 Å². The van der Waals surface area contributed by atoms with Gasteiger partial charge in [0.1, 0.15) is 5.82 Å². The molecule has 0 amide bonds. The average molecular weight is 332 g/mol. The molecule has 4 N–H and O–H groups in total. The number of nitro groups is 1. The van der Waals surface area contributed by atoms with Crippen molar-refractivity contribution in [2.45, 2.75) is 4.90 Å². The van der Waals surface area contributed by atoms with Gasteiger partial charge >= 0.3 is 0 Å². The van der Waals surface area contributed by atoms with E-state index in [9.17, 15) is 18.5 Å². The lowest BCUT2D eigenvalue weighted by Gasteiger charge is -2.06. The molecule has 118 valence electrons. The summed E-state index contributed by atoms with van der Waals surface area (Å²) in [4.78, 5) is 13.2. The maximum atomic E-state index is 12.3. The first kappa shape index (κ1) is 14.9. The second-order valence-corrected chi connectivity index (χ2v) is 6.57. The Morgan fingerprint density at radius 3 is 2.43 bits per heavy atom. The lowest BCUT2D eigenvalue weighted by atomic mass is 10.2. The minimum absolute atomic E-state index is 0.0653. The van der Waals surface area contributed by atoms with E-state index in [0.717, 1.165) is 0 Å². The van der Waals surface area contributed by atoms with Crippen LogP contribution in [0.15, 0.2) is 53.4 Å². The molecule has 0 spiro atoms. The molecular formula is C14H12N4O4S. The van der Waals surface area contributed by atoms with Gasteiger partial charge in [0.05, 0.1) is 9.82 Å². The maximum Gasteiger partial charge on any atom is 0.270 e. The molecule has 0 bridgehead atoms. The molecule has 2 aromatic carbocycles. The summed E-state index contributed by atoms with van der Waals surface area (Å²) in [6, 6.07) is 11.5. The Bertz CT molecular complexity index is 993. The highest BCUT2D eigenvalue weighted by Crippen LogP contribution is 2.25. The molecule has 23 heavy (non-hydrogen) atoms. The molecule has 0 aliphatic rings. The molecule has 0 radical (unpaired) electrons. The molecule has 0 aliphatic carbocycles. The molecule has 0 saturated carbocycles. The van der Waals surface area contributed by atoms with Gasteiger partial charge in [-0.3, -0.25) is 14.8 Å². The van der Waals surface area contributed by atoms with Crippen LogP contribution in [0.2, 0.25) is 0 Å². The van der Waals surface area contributed by atoms with Gasteiger partial charge in [-0.25, -0.2) is 8.42 Å². The first-order valence-electron chi connectivity index (χ1n) is 6.51. The number of nitro benzene ring substituents is 1. The molecule has 0 atom stereocenters. The summed E-state index contributed by atoms with van der Waals surface area (Å²) in [7, 11) is -3.77. The zero-order valence-corrected chi connectivity index (χ0v) is 12.5. The SMILES string of the molecule is Nc1ccc(S(=O)(=O)Nc2cc3cc([N+](=O)[O-])ccc3[nH]2)cc1. The topological polar surface area (TPSA) is 131 Å². The van der Waals surface area contributed by atoms with Gasteiger partial charge in [-0.1, -0.05) is 0 Å². The number of aromatic nitrogens is 1. The Balaban J connectivity index is 1.94. The van der Waals surface area contributed by atoms with Crippen molar-refractivity contribution >= 4 is 38.1 Å². The summed E-state index contributed by atoms with van der Waals surface area (Å²) >= 11 is 0. The largest absolute Gasteiger partial charge is 0.399 e. The molecule has 3 aromatic rings. The number of anilines is 2. The normalized spacial score (nSPS) is 11.5. The predicted molar refractivity (Wildman–Crippen MR) is 86.6 cm³/mol. The van der Waals surface area contributed by atoms with Gasteiger partial charge in [-0.2, -0.15) is 0 Å². The summed E-state index contributed by atoms with van der Waals surface area (Å²) in [5, 5.41) is 11.3. The number of rotatable bonds is 4. The van der Waals surface area contributed by atoms with Gasteiger partial charge in [0.2, 0.25) is 0 Å². The molecule has 1 aromatic heterocycles. The maximum absolute atomic E-state index is 12.3. The summed E-state index contributed by atoms with van der Waals surface area (Å²) in [6.45, 7) is 0. The third kappa shape index (κ3) is 2.94. The number of aromatic amines is 1. The van der Waals surface area contributed by atoms with Gasteiger partial charge in [0.15, 0.2) is 0 Å². The Morgan fingerprint density at radius 2 is 1.78 bits per heavy atom. The van der Waals surface area contributed by atoms with Crippen LogP contribution in [0.3, 0.4) is 0 Å². The molecule has 0 unspecified atom stereocenters. The van der Waals surface area contributed by atoms with Crippen LogP contribution in [-0.2, 0) is 10.0 Å². The second-order valence-electron chi connectivity index (χ2n) is 4.89. The van der Waals surface area contributed by atoms with Crippen LogP contribution in [0.25, 0.3) is 10.9 Å². The average Bonchev–Trinajstić information content (AvgIpc) is 2.87. The molecule has 0 aliphatic heterocycles. The smallest absolute Gasteiger partial charge is 0.270 e. The number of non-ortho nitro benzene ring substituents is 1. The number of hydrogen-bond acceptors (Lipinski definition) is 5. The molecule has 3 rings (SSSR count). The lowest BCUT2D eigenvalue weighted by molar-refractivity contribution is -0.384. The Hall–Kier alpha value is -3.07. The number of nitrogens with one attached hydrogen (secondary N) is 2. The number of nitrogens with two attached hydrogens (primary N) is 1. The first-order chi connectivity index (χ1) is 10.8. The van der Waals surface area contributed by atoms with Crippen LogP contribution in [0, 0.1) is 10.1 Å². The van der Waals surface area contributed by atoms with E-state index in [-0.39, 0.29) is 16.4 Å². The van der Waals surface area contributed by atoms with Crippen molar-refractivity contribution in [2.75, 3.05) is 10.5 Å². The van der Waals surface area contributed by atoms with Crippen LogP contribution >= 0.6 is 0 Å². The van der Waals surface area contributed by atoms with E-state index in [1.165, 1.54) is 48.5 Å². The van der Waals surface area contributed by atoms with Crippen LogP contribution in [0.1, 0.15) is 0 Å². The highest BCUT2D eigenvalue weighted by atomic mass is 32.2. The Morgan fingerprint density at radius 1 is 1.09 bits per heavy atom. The fourth-order valence-electron chi connectivity index (χ4n) is 2.14. The van der Waals surface area contributed by atoms with E-state index in [2.05, 4.69) is 9.71 Å². The fraction of sp³-hybridized carbons (Fsp3) is 0. The van der Waals surface area contributed by atoms with E-state index >= 15 is 0 Å². The van der Waals surface area contributed by atoms with E-state index in [0.29, 0.717) is 16.6 Å². The zero-order chi connectivity index (χ0) is 16.6. The standard InChI is InChI=1S/C14H12N4O4S/c15-10-1-4-12(5-2-10)23(21,22)17-14-8-9-7-11(18(19)20)3-6-13(9)16-14/h1-8,16-17H,15H2. The summed E-state index contributed by atoms with van der Waals surface area (Å²) in [5.41, 5.74) is 6.52. The van der Waals surface area contributed by atoms with E-state index < -0.39 is 14.9 Å². The zero-order valence-electron chi connectivity index (χ0n) is 11.7. The van der Waals surface area contributed by atoms with E-state index in [1.807, 2.05) is 0 Å². The fourth-order valence-corrected chi connectivity index (χ4v) is 3.15. The van der Waals surface area contributed by atoms with Gasteiger partial charge < -0.3 is 10.7 Å². The Labute approximate surface area is 131 Å². The lowest BCUT2D eigenvalue weighted by Crippen LogP contribution is -2.13. The summed E-state index contributed by atoms with van der Waals surface area (Å²) < 4.78 is 27.0. The molecule has 0 saturated heterocycles. The van der Waals surface area contributed by atoms with Crippen molar-refractivity contribution in [3.8, 4) is 0 Å². The van der Waals surface area contributed by atoms with Crippen molar-refractivity contribution in [2.24, 2.45) is 0 Å². The van der Waals surface area contributed by atoms with Crippen LogP contribution in [0.5, 0.6) is 0 Å². The minimum Gasteiger partial charge on any atom is -0.399 e. The van der Waals surface area contributed by atoms with Gasteiger partial charge in [0.25, 0.3) is 15.7 Å². The van der Waals surface area contributed by atoms with Crippen molar-refractivity contribution in [3.63, 3.8) is 0 Å². The molecular weight excluding hydrogens is 320 g/mol. The molecule has 0 fully saturated rings. The van der Waals surface area contributed by atoms with Gasteiger partial charge in [-0.15, -0.1) is 0 Å². The number of nitrogen functional groups attached to an aromatic ring is 1. The first-order valence-corrected chi connectivity index (χ1v) is 7.99. The third-order valence-electron chi connectivity index (χ3n) is 3.25. The molecule has 9 heteroatoms. The van der Waals surface area contributed by atoms with Crippen molar-refractivity contribution in [3.05, 3.63) is 58.6 Å². The van der Waals surface area contributed by atoms with Crippen LogP contribution < -0.4 is 10.5 Å². The van der Waals surface area contributed by atoms with Crippen LogP contribution in [-0.4, -0.2) is 18.3 Å². The van der Waals surface area contributed by atoms with Crippen molar-refractivity contribution in [1.29, 1.82) is 0 Å². The minimum atomic E-state index is -3.77. The van der Waals surface area contributed by atoms with Crippen LogP contribution in [0.4, 0.5) is 17.2 Å². The van der Waals surface area contributed by atoms with Crippen molar-refractivity contribution < 1.29 is 13.3 Å². The van der Waals surface area contributed by atoms with E-state index in [4.69, 9.17) is 5.73 Å². The monoisotopic (exact) mass is 332 g/mol. The number of sulfonamides is 1. The van der Waals surface area contributed by atoms with Gasteiger partial charge in [-0.05, 0) is 36.4 Å². The highest BCUT2D eigenvalue weighted by molar-refractivity contribution is 7.92. The van der Waals surface area contributed by atoms with Crippen molar-refractivity contribution in [1.82, 2.24) is 4.98 Å². The molecule has 1 heterocycles. The summed E-state index contributed by atoms with van der Waals surface area (Å²) in [6.07, 6.45) is 0. The second kappa shape index (κ2) is 5.29. The van der Waals surface area contributed by atoms with Gasteiger partial charge in [0, 0.05) is 28.7 Å². The predicted octanol–water partition coefficient (Wildman–Crippen LogP) is 2.46.